The second-order valence-corrected chi connectivity index (χ2v) is 4.79. The standard InChI is InChI=1S/C13H9NO3S/c1-17-13(16)7-2-3-8-9-4-5-18-11(9)12(15)14-10(8)6-7/h2-6H,1H3,(H,14,15). The Kier molecular flexibility index (Phi) is 2.41. The van der Waals surface area contributed by atoms with Gasteiger partial charge in [-0.1, -0.05) is 6.07 Å². The highest BCUT2D eigenvalue weighted by Crippen LogP contribution is 2.25. The van der Waals surface area contributed by atoms with E-state index in [1.54, 1.807) is 12.1 Å². The number of aromatic amines is 1. The average Bonchev–Trinajstić information content (AvgIpc) is 2.87. The quantitative estimate of drug-likeness (QED) is 0.683. The first kappa shape index (κ1) is 11.0. The van der Waals surface area contributed by atoms with E-state index in [2.05, 4.69) is 9.72 Å². The largest absolute Gasteiger partial charge is 0.465 e. The second-order valence-electron chi connectivity index (χ2n) is 3.87. The fourth-order valence-electron chi connectivity index (χ4n) is 2.00. The number of fused-ring (bicyclic) bond motifs is 3. The predicted molar refractivity (Wildman–Crippen MR) is 71.3 cm³/mol. The van der Waals surface area contributed by atoms with Gasteiger partial charge in [-0.2, -0.15) is 0 Å². The van der Waals surface area contributed by atoms with Crippen LogP contribution in [-0.2, 0) is 4.74 Å². The van der Waals surface area contributed by atoms with E-state index in [0.717, 1.165) is 10.8 Å². The molecule has 0 saturated carbocycles. The summed E-state index contributed by atoms with van der Waals surface area (Å²) in [7, 11) is 1.33. The minimum Gasteiger partial charge on any atom is -0.465 e. The van der Waals surface area contributed by atoms with Gasteiger partial charge in [0.05, 0.1) is 12.7 Å². The van der Waals surface area contributed by atoms with E-state index in [1.165, 1.54) is 18.4 Å². The smallest absolute Gasteiger partial charge is 0.337 e. The van der Waals surface area contributed by atoms with Gasteiger partial charge in [-0.3, -0.25) is 4.79 Å². The molecule has 0 aliphatic heterocycles. The van der Waals surface area contributed by atoms with Crippen molar-refractivity contribution in [2.75, 3.05) is 7.11 Å². The highest BCUT2D eigenvalue weighted by molar-refractivity contribution is 7.17. The van der Waals surface area contributed by atoms with Crippen LogP contribution in [0.25, 0.3) is 21.0 Å². The third kappa shape index (κ3) is 1.52. The molecule has 18 heavy (non-hydrogen) atoms. The van der Waals surface area contributed by atoms with Crippen molar-refractivity contribution in [2.45, 2.75) is 0 Å². The predicted octanol–water partition coefficient (Wildman–Crippen LogP) is 2.53. The molecule has 0 atom stereocenters. The lowest BCUT2D eigenvalue weighted by atomic mass is 10.1. The van der Waals surface area contributed by atoms with E-state index in [-0.39, 0.29) is 5.56 Å². The summed E-state index contributed by atoms with van der Waals surface area (Å²) in [4.78, 5) is 26.1. The van der Waals surface area contributed by atoms with Crippen LogP contribution in [0, 0.1) is 0 Å². The van der Waals surface area contributed by atoms with E-state index in [9.17, 15) is 9.59 Å². The van der Waals surface area contributed by atoms with Crippen LogP contribution in [0.15, 0.2) is 34.4 Å². The van der Waals surface area contributed by atoms with Gasteiger partial charge in [0.1, 0.15) is 4.70 Å². The summed E-state index contributed by atoms with van der Waals surface area (Å²) >= 11 is 1.41. The van der Waals surface area contributed by atoms with Crippen molar-refractivity contribution in [2.24, 2.45) is 0 Å². The number of thiophene rings is 1. The average molecular weight is 259 g/mol. The summed E-state index contributed by atoms with van der Waals surface area (Å²) in [5.41, 5.74) is 0.943. The minimum absolute atomic E-state index is 0.130. The number of ether oxygens (including phenoxy) is 1. The van der Waals surface area contributed by atoms with Crippen LogP contribution < -0.4 is 5.56 Å². The molecule has 2 aromatic heterocycles. The van der Waals surface area contributed by atoms with Crippen LogP contribution in [-0.4, -0.2) is 18.1 Å². The first-order valence-corrected chi connectivity index (χ1v) is 6.20. The Morgan fingerprint density at radius 2 is 2.11 bits per heavy atom. The normalized spacial score (nSPS) is 10.9. The first-order chi connectivity index (χ1) is 8.70. The third-order valence-electron chi connectivity index (χ3n) is 2.85. The van der Waals surface area contributed by atoms with E-state index >= 15 is 0 Å². The summed E-state index contributed by atoms with van der Waals surface area (Å²) in [5, 5.41) is 3.72. The van der Waals surface area contributed by atoms with Gasteiger partial charge in [-0.15, -0.1) is 11.3 Å². The number of benzene rings is 1. The first-order valence-electron chi connectivity index (χ1n) is 5.32. The lowest BCUT2D eigenvalue weighted by Gasteiger charge is -2.03. The molecule has 0 radical (unpaired) electrons. The maximum Gasteiger partial charge on any atom is 0.337 e. The molecule has 0 fully saturated rings. The van der Waals surface area contributed by atoms with Gasteiger partial charge < -0.3 is 9.72 Å². The number of hydrogen-bond acceptors (Lipinski definition) is 4. The molecule has 0 saturated heterocycles. The number of hydrogen-bond donors (Lipinski definition) is 1. The summed E-state index contributed by atoms with van der Waals surface area (Å²) in [6.45, 7) is 0. The van der Waals surface area contributed by atoms with Crippen molar-refractivity contribution in [3.8, 4) is 0 Å². The lowest BCUT2D eigenvalue weighted by Crippen LogP contribution is -2.06. The molecule has 0 amide bonds. The van der Waals surface area contributed by atoms with Gasteiger partial charge in [0.25, 0.3) is 5.56 Å². The lowest BCUT2D eigenvalue weighted by molar-refractivity contribution is 0.0601. The highest BCUT2D eigenvalue weighted by atomic mass is 32.1. The van der Waals surface area contributed by atoms with Gasteiger partial charge in [-0.05, 0) is 23.6 Å². The Balaban J connectivity index is 2.39. The summed E-state index contributed by atoms with van der Waals surface area (Å²) < 4.78 is 5.36. The number of nitrogens with one attached hydrogen (secondary N) is 1. The topological polar surface area (TPSA) is 59.2 Å². The molecule has 0 unspecified atom stereocenters. The molecule has 90 valence electrons. The van der Waals surface area contributed by atoms with Crippen molar-refractivity contribution < 1.29 is 9.53 Å². The molecular formula is C13H9NO3S. The molecule has 0 spiro atoms. The third-order valence-corrected chi connectivity index (χ3v) is 3.76. The highest BCUT2D eigenvalue weighted by Gasteiger charge is 2.10. The maximum atomic E-state index is 11.8. The molecule has 5 heteroatoms. The molecule has 0 aliphatic rings. The zero-order chi connectivity index (χ0) is 12.7. The molecular weight excluding hydrogens is 250 g/mol. The van der Waals surface area contributed by atoms with Crippen LogP contribution in [0.4, 0.5) is 0 Å². The number of esters is 1. The molecule has 0 bridgehead atoms. The Bertz CT molecular complexity index is 816. The monoisotopic (exact) mass is 259 g/mol. The fraction of sp³-hybridized carbons (Fsp3) is 0.0769. The Hall–Kier alpha value is -2.14. The van der Waals surface area contributed by atoms with Gasteiger partial charge in [-0.25, -0.2) is 4.79 Å². The fourth-order valence-corrected chi connectivity index (χ4v) is 2.81. The van der Waals surface area contributed by atoms with Crippen molar-refractivity contribution in [3.63, 3.8) is 0 Å². The Morgan fingerprint density at radius 1 is 1.28 bits per heavy atom. The van der Waals surface area contributed by atoms with E-state index < -0.39 is 5.97 Å². The van der Waals surface area contributed by atoms with Crippen molar-refractivity contribution in [1.82, 2.24) is 4.98 Å². The van der Waals surface area contributed by atoms with Gasteiger partial charge in [0.2, 0.25) is 0 Å². The second kappa shape index (κ2) is 3.96. The number of H-pyrrole nitrogens is 1. The van der Waals surface area contributed by atoms with Crippen molar-refractivity contribution in [3.05, 3.63) is 45.6 Å². The SMILES string of the molecule is COC(=O)c1ccc2c(c1)[nH]c(=O)c1sccc12. The summed E-state index contributed by atoms with van der Waals surface area (Å²) in [5.74, 6) is -0.414. The Labute approximate surface area is 106 Å². The summed E-state index contributed by atoms with van der Waals surface area (Å²) in [6.07, 6.45) is 0. The number of pyridine rings is 1. The number of carbonyl (C=O) groups is 1. The molecule has 4 nitrogen and oxygen atoms in total. The van der Waals surface area contributed by atoms with Crippen LogP contribution in [0.2, 0.25) is 0 Å². The summed E-state index contributed by atoms with van der Waals surface area (Å²) in [6, 6.07) is 7.07. The molecule has 0 aliphatic carbocycles. The van der Waals surface area contributed by atoms with Crippen LogP contribution in [0.3, 0.4) is 0 Å². The molecule has 3 aromatic rings. The molecule has 2 heterocycles. The van der Waals surface area contributed by atoms with Crippen molar-refractivity contribution >= 4 is 38.3 Å². The van der Waals surface area contributed by atoms with Crippen LogP contribution in [0.1, 0.15) is 10.4 Å². The minimum atomic E-state index is -0.414. The molecule has 3 rings (SSSR count). The van der Waals surface area contributed by atoms with E-state index in [1.807, 2.05) is 17.5 Å². The van der Waals surface area contributed by atoms with E-state index in [4.69, 9.17) is 0 Å². The van der Waals surface area contributed by atoms with Crippen LogP contribution >= 0.6 is 11.3 Å². The zero-order valence-corrected chi connectivity index (χ0v) is 10.3. The zero-order valence-electron chi connectivity index (χ0n) is 9.52. The number of carbonyl (C=O) groups excluding carboxylic acids is 1. The number of aromatic nitrogens is 1. The van der Waals surface area contributed by atoms with Crippen molar-refractivity contribution in [1.29, 1.82) is 0 Å². The Morgan fingerprint density at radius 3 is 2.89 bits per heavy atom. The number of rotatable bonds is 1. The van der Waals surface area contributed by atoms with E-state index in [0.29, 0.717) is 15.8 Å². The van der Waals surface area contributed by atoms with Crippen LogP contribution in [0.5, 0.6) is 0 Å². The number of methoxy groups -OCH3 is 1. The maximum absolute atomic E-state index is 11.8. The molecule has 1 aromatic carbocycles. The van der Waals surface area contributed by atoms with Gasteiger partial charge in [0, 0.05) is 16.3 Å². The molecule has 1 N–H and O–H groups in total. The van der Waals surface area contributed by atoms with Gasteiger partial charge >= 0.3 is 5.97 Å². The van der Waals surface area contributed by atoms with Gasteiger partial charge in [0.15, 0.2) is 0 Å².